The average Bonchev–Trinajstić information content (AvgIpc) is 2.17. The van der Waals surface area contributed by atoms with Crippen LogP contribution in [0.3, 0.4) is 0 Å². The van der Waals surface area contributed by atoms with Gasteiger partial charge in [0.2, 0.25) is 0 Å². The van der Waals surface area contributed by atoms with Gasteiger partial charge in [0, 0.05) is 24.0 Å². The summed E-state index contributed by atoms with van der Waals surface area (Å²) in [6, 6.07) is 3.70. The van der Waals surface area contributed by atoms with Crippen LogP contribution in [-0.4, -0.2) is 16.3 Å². The summed E-state index contributed by atoms with van der Waals surface area (Å²) in [5, 5.41) is 1.79. The van der Waals surface area contributed by atoms with Crippen molar-refractivity contribution in [3.63, 3.8) is 0 Å². The van der Waals surface area contributed by atoms with Crippen molar-refractivity contribution >= 4 is 17.1 Å². The summed E-state index contributed by atoms with van der Waals surface area (Å²) >= 11 is 0. The number of nitrogens with zero attached hydrogens (tertiary/aromatic N) is 2. The van der Waals surface area contributed by atoms with E-state index in [1.807, 2.05) is 12.1 Å². The molecule has 3 heteroatoms. The molecule has 2 aromatic rings. The fourth-order valence-corrected chi connectivity index (χ4v) is 1.13. The zero-order valence-corrected chi connectivity index (χ0v) is 6.27. The van der Waals surface area contributed by atoms with E-state index in [0.717, 1.165) is 17.1 Å². The van der Waals surface area contributed by atoms with Crippen LogP contribution >= 0.6 is 0 Å². The van der Waals surface area contributed by atoms with Gasteiger partial charge in [0.15, 0.2) is 6.29 Å². The van der Waals surface area contributed by atoms with E-state index in [4.69, 9.17) is 0 Å². The molecule has 58 valence electrons. The molecular weight excluding hydrogens is 152 g/mol. The van der Waals surface area contributed by atoms with Crippen LogP contribution < -0.4 is 0 Å². The number of carbonyl (C=O) groups is 1. The van der Waals surface area contributed by atoms with Gasteiger partial charge in [-0.3, -0.25) is 14.8 Å². The number of aldehydes is 1. The summed E-state index contributed by atoms with van der Waals surface area (Å²) in [5.41, 5.74) is 0.445. The second-order valence-corrected chi connectivity index (χ2v) is 2.41. The van der Waals surface area contributed by atoms with E-state index < -0.39 is 0 Å². The number of aromatic nitrogens is 2. The van der Waals surface area contributed by atoms with Gasteiger partial charge in [-0.05, 0) is 17.5 Å². The first-order valence-corrected chi connectivity index (χ1v) is 3.56. The Balaban J connectivity index is 2.88. The van der Waals surface area contributed by atoms with Crippen LogP contribution in [0.4, 0.5) is 0 Å². The third-order valence-corrected chi connectivity index (χ3v) is 1.71. The predicted molar refractivity (Wildman–Crippen MR) is 44.9 cm³/mol. The van der Waals surface area contributed by atoms with Gasteiger partial charge >= 0.3 is 0 Å². The third-order valence-electron chi connectivity index (χ3n) is 1.71. The number of carbonyl (C=O) groups excluding carboxylic acids is 1. The Morgan fingerprint density at radius 3 is 2.92 bits per heavy atom. The Labute approximate surface area is 69.1 Å². The van der Waals surface area contributed by atoms with Gasteiger partial charge in [0.1, 0.15) is 5.69 Å². The van der Waals surface area contributed by atoms with Crippen LogP contribution in [-0.2, 0) is 0 Å². The number of hydrogen-bond acceptors (Lipinski definition) is 3. The van der Waals surface area contributed by atoms with Gasteiger partial charge in [-0.15, -0.1) is 0 Å². The smallest absolute Gasteiger partial charge is 0.169 e. The minimum absolute atomic E-state index is 0.445. The minimum Gasteiger partial charge on any atom is -0.296 e. The van der Waals surface area contributed by atoms with Crippen LogP contribution in [0, 0.1) is 0 Å². The normalized spacial score (nSPS) is 10.0. The van der Waals surface area contributed by atoms with E-state index in [0.29, 0.717) is 5.69 Å². The number of hydrogen-bond donors (Lipinski definition) is 0. The van der Waals surface area contributed by atoms with Crippen LogP contribution in [0.1, 0.15) is 10.5 Å². The first-order chi connectivity index (χ1) is 5.92. The van der Waals surface area contributed by atoms with Crippen molar-refractivity contribution in [3.05, 3.63) is 36.4 Å². The van der Waals surface area contributed by atoms with E-state index in [-0.39, 0.29) is 0 Å². The highest BCUT2D eigenvalue weighted by molar-refractivity contribution is 5.95. The molecule has 2 aromatic heterocycles. The maximum absolute atomic E-state index is 10.5. The largest absolute Gasteiger partial charge is 0.296 e. The predicted octanol–water partition coefficient (Wildman–Crippen LogP) is 1.44. The van der Waals surface area contributed by atoms with Crippen molar-refractivity contribution in [3.8, 4) is 0 Å². The standard InChI is InChI=1S/C9H6N2O/c12-6-9-8-5-10-3-1-7(8)2-4-11-9/h1-6H. The first-order valence-electron chi connectivity index (χ1n) is 3.56. The summed E-state index contributed by atoms with van der Waals surface area (Å²) < 4.78 is 0. The molecule has 0 aromatic carbocycles. The average molecular weight is 158 g/mol. The Hall–Kier alpha value is -1.77. The zero-order valence-electron chi connectivity index (χ0n) is 6.27. The van der Waals surface area contributed by atoms with Crippen molar-refractivity contribution < 1.29 is 4.79 Å². The molecule has 0 saturated carbocycles. The van der Waals surface area contributed by atoms with Crippen molar-refractivity contribution in [2.45, 2.75) is 0 Å². The molecular formula is C9H6N2O. The number of fused-ring (bicyclic) bond motifs is 1. The lowest BCUT2D eigenvalue weighted by Gasteiger charge is -1.96. The topological polar surface area (TPSA) is 42.9 Å². The van der Waals surface area contributed by atoms with Crippen LogP contribution in [0.15, 0.2) is 30.7 Å². The lowest BCUT2D eigenvalue weighted by Crippen LogP contribution is -1.88. The summed E-state index contributed by atoms with van der Waals surface area (Å²) in [5.74, 6) is 0. The van der Waals surface area contributed by atoms with Crippen LogP contribution in [0.2, 0.25) is 0 Å². The Morgan fingerprint density at radius 2 is 2.08 bits per heavy atom. The highest BCUT2D eigenvalue weighted by atomic mass is 16.1. The molecule has 0 fully saturated rings. The van der Waals surface area contributed by atoms with E-state index in [1.165, 1.54) is 0 Å². The molecule has 2 rings (SSSR count). The Bertz CT molecular complexity index is 420. The monoisotopic (exact) mass is 158 g/mol. The molecule has 12 heavy (non-hydrogen) atoms. The maximum atomic E-state index is 10.5. The molecule has 0 aliphatic carbocycles. The molecule has 0 aliphatic rings. The lowest BCUT2D eigenvalue weighted by atomic mass is 10.2. The first kappa shape index (κ1) is 6.91. The Kier molecular flexibility index (Phi) is 1.55. The van der Waals surface area contributed by atoms with Crippen molar-refractivity contribution in [1.82, 2.24) is 9.97 Å². The molecule has 0 unspecified atom stereocenters. The molecule has 0 N–H and O–H groups in total. The third kappa shape index (κ3) is 0.955. The lowest BCUT2D eigenvalue weighted by molar-refractivity contribution is 0.112. The SMILES string of the molecule is O=Cc1nccc2ccncc12. The summed E-state index contributed by atoms with van der Waals surface area (Å²) in [6.07, 6.45) is 5.69. The quantitative estimate of drug-likeness (QED) is 0.590. The minimum atomic E-state index is 0.445. The molecule has 0 aliphatic heterocycles. The molecule has 0 amide bonds. The molecule has 0 saturated heterocycles. The summed E-state index contributed by atoms with van der Waals surface area (Å²) in [6.45, 7) is 0. The van der Waals surface area contributed by atoms with Crippen LogP contribution in [0.25, 0.3) is 10.8 Å². The fraction of sp³-hybridized carbons (Fsp3) is 0. The molecule has 0 bridgehead atoms. The molecule has 0 atom stereocenters. The van der Waals surface area contributed by atoms with Gasteiger partial charge in [0.25, 0.3) is 0 Å². The van der Waals surface area contributed by atoms with Crippen molar-refractivity contribution in [2.24, 2.45) is 0 Å². The summed E-state index contributed by atoms with van der Waals surface area (Å²) in [4.78, 5) is 18.4. The van der Waals surface area contributed by atoms with Crippen molar-refractivity contribution in [2.75, 3.05) is 0 Å². The van der Waals surface area contributed by atoms with E-state index >= 15 is 0 Å². The van der Waals surface area contributed by atoms with Gasteiger partial charge < -0.3 is 0 Å². The zero-order chi connectivity index (χ0) is 8.39. The van der Waals surface area contributed by atoms with Gasteiger partial charge in [-0.1, -0.05) is 0 Å². The second kappa shape index (κ2) is 2.70. The van der Waals surface area contributed by atoms with Gasteiger partial charge in [-0.2, -0.15) is 0 Å². The van der Waals surface area contributed by atoms with E-state index in [2.05, 4.69) is 9.97 Å². The molecule has 0 radical (unpaired) electrons. The number of rotatable bonds is 1. The Morgan fingerprint density at radius 1 is 1.25 bits per heavy atom. The highest BCUT2D eigenvalue weighted by Crippen LogP contribution is 2.12. The van der Waals surface area contributed by atoms with Crippen molar-refractivity contribution in [1.29, 1.82) is 0 Å². The molecule has 3 nitrogen and oxygen atoms in total. The second-order valence-electron chi connectivity index (χ2n) is 2.41. The molecule has 2 heterocycles. The van der Waals surface area contributed by atoms with Crippen LogP contribution in [0.5, 0.6) is 0 Å². The maximum Gasteiger partial charge on any atom is 0.169 e. The molecule has 0 spiro atoms. The van der Waals surface area contributed by atoms with Gasteiger partial charge in [0.05, 0.1) is 0 Å². The fourth-order valence-electron chi connectivity index (χ4n) is 1.13. The van der Waals surface area contributed by atoms with E-state index in [9.17, 15) is 4.79 Å². The number of pyridine rings is 2. The van der Waals surface area contributed by atoms with E-state index in [1.54, 1.807) is 18.6 Å². The highest BCUT2D eigenvalue weighted by Gasteiger charge is 1.98. The van der Waals surface area contributed by atoms with Gasteiger partial charge in [-0.25, -0.2) is 0 Å². The summed E-state index contributed by atoms with van der Waals surface area (Å²) in [7, 11) is 0.